The second-order valence-corrected chi connectivity index (χ2v) is 9.17. The van der Waals surface area contributed by atoms with Gasteiger partial charge in [-0.2, -0.15) is 0 Å². The Balaban J connectivity index is 2.87. The van der Waals surface area contributed by atoms with Crippen LogP contribution in [0.15, 0.2) is 18.2 Å². The smallest absolute Gasteiger partial charge is 0.232 e. The zero-order valence-electron chi connectivity index (χ0n) is 16.9. The standard InChI is InChI=1S/C19H33N3O3S/c1-15(2)17-10-7-9-16(3)19(17)22(26(6,24)25)14-11-18(23)20-12-8-13-21(4)5/h7,9-10,15H,8,11-14H2,1-6H3,(H,20,23). The van der Waals surface area contributed by atoms with Gasteiger partial charge in [0.25, 0.3) is 0 Å². The summed E-state index contributed by atoms with van der Waals surface area (Å²) in [5, 5.41) is 2.86. The lowest BCUT2D eigenvalue weighted by atomic mass is 9.98. The molecule has 26 heavy (non-hydrogen) atoms. The molecule has 0 unspecified atom stereocenters. The van der Waals surface area contributed by atoms with Crippen LogP contribution in [0.4, 0.5) is 5.69 Å². The first-order chi connectivity index (χ1) is 12.0. The Morgan fingerprint density at radius 3 is 2.38 bits per heavy atom. The van der Waals surface area contributed by atoms with Crippen LogP contribution in [-0.4, -0.2) is 59.2 Å². The van der Waals surface area contributed by atoms with E-state index in [2.05, 4.69) is 10.2 Å². The minimum Gasteiger partial charge on any atom is -0.356 e. The summed E-state index contributed by atoms with van der Waals surface area (Å²) in [7, 11) is 0.491. The van der Waals surface area contributed by atoms with Gasteiger partial charge in [-0.25, -0.2) is 8.42 Å². The Labute approximate surface area is 158 Å². The molecule has 1 amide bonds. The average molecular weight is 384 g/mol. The first-order valence-electron chi connectivity index (χ1n) is 9.02. The van der Waals surface area contributed by atoms with Gasteiger partial charge in [-0.05, 0) is 51.0 Å². The Morgan fingerprint density at radius 2 is 1.85 bits per heavy atom. The Morgan fingerprint density at radius 1 is 1.19 bits per heavy atom. The Kier molecular flexibility index (Phi) is 8.56. The molecule has 0 fully saturated rings. The van der Waals surface area contributed by atoms with Crippen LogP contribution >= 0.6 is 0 Å². The number of hydrogen-bond donors (Lipinski definition) is 1. The van der Waals surface area contributed by atoms with E-state index < -0.39 is 10.0 Å². The molecule has 0 spiro atoms. The van der Waals surface area contributed by atoms with Gasteiger partial charge in [0.05, 0.1) is 11.9 Å². The highest BCUT2D eigenvalue weighted by molar-refractivity contribution is 7.92. The molecule has 0 aliphatic heterocycles. The molecule has 1 rings (SSSR count). The zero-order valence-corrected chi connectivity index (χ0v) is 17.7. The van der Waals surface area contributed by atoms with Crippen LogP contribution in [0.3, 0.4) is 0 Å². The number of carbonyl (C=O) groups excluding carboxylic acids is 1. The van der Waals surface area contributed by atoms with Crippen molar-refractivity contribution >= 4 is 21.6 Å². The maximum Gasteiger partial charge on any atom is 0.232 e. The van der Waals surface area contributed by atoms with Crippen molar-refractivity contribution in [2.45, 2.75) is 39.5 Å². The van der Waals surface area contributed by atoms with Crippen molar-refractivity contribution in [3.8, 4) is 0 Å². The van der Waals surface area contributed by atoms with Gasteiger partial charge in [0, 0.05) is 19.5 Å². The highest BCUT2D eigenvalue weighted by atomic mass is 32.2. The van der Waals surface area contributed by atoms with Gasteiger partial charge < -0.3 is 10.2 Å². The number of hydrogen-bond acceptors (Lipinski definition) is 4. The molecule has 0 heterocycles. The number of aryl methyl sites for hydroxylation is 1. The molecule has 0 bridgehead atoms. The molecule has 1 N–H and O–H groups in total. The topological polar surface area (TPSA) is 69.7 Å². The van der Waals surface area contributed by atoms with E-state index in [0.717, 1.165) is 24.1 Å². The van der Waals surface area contributed by atoms with Gasteiger partial charge in [0.2, 0.25) is 15.9 Å². The fraction of sp³-hybridized carbons (Fsp3) is 0.632. The third kappa shape index (κ3) is 6.96. The molecule has 0 saturated heterocycles. The normalized spacial score (nSPS) is 11.8. The number of sulfonamides is 1. The summed E-state index contributed by atoms with van der Waals surface area (Å²) < 4.78 is 26.2. The summed E-state index contributed by atoms with van der Waals surface area (Å²) in [4.78, 5) is 14.2. The summed E-state index contributed by atoms with van der Waals surface area (Å²) in [6.45, 7) is 7.62. The van der Waals surface area contributed by atoms with Gasteiger partial charge in [0.15, 0.2) is 0 Å². The number of para-hydroxylation sites is 1. The molecular formula is C19H33N3O3S. The molecule has 148 valence electrons. The molecular weight excluding hydrogens is 350 g/mol. The number of nitrogens with zero attached hydrogens (tertiary/aromatic N) is 2. The number of amides is 1. The quantitative estimate of drug-likeness (QED) is 0.630. The maximum absolute atomic E-state index is 12.4. The number of anilines is 1. The third-order valence-electron chi connectivity index (χ3n) is 4.19. The van der Waals surface area contributed by atoms with Crippen molar-refractivity contribution in [1.29, 1.82) is 0 Å². The van der Waals surface area contributed by atoms with E-state index in [9.17, 15) is 13.2 Å². The highest BCUT2D eigenvalue weighted by Crippen LogP contribution is 2.32. The van der Waals surface area contributed by atoms with Crippen LogP contribution in [0.1, 0.15) is 43.7 Å². The van der Waals surface area contributed by atoms with E-state index in [1.54, 1.807) is 0 Å². The van der Waals surface area contributed by atoms with E-state index in [1.807, 2.05) is 53.1 Å². The SMILES string of the molecule is Cc1cccc(C(C)C)c1N(CCC(=O)NCCCN(C)C)S(C)(=O)=O. The van der Waals surface area contributed by atoms with Gasteiger partial charge in [0.1, 0.15) is 0 Å². The number of nitrogens with one attached hydrogen (secondary N) is 1. The van der Waals surface area contributed by atoms with Crippen LogP contribution in [0.5, 0.6) is 0 Å². The minimum absolute atomic E-state index is 0.128. The van der Waals surface area contributed by atoms with Crippen molar-refractivity contribution in [3.63, 3.8) is 0 Å². The van der Waals surface area contributed by atoms with Crippen LogP contribution in [0.2, 0.25) is 0 Å². The predicted molar refractivity (Wildman–Crippen MR) is 108 cm³/mol. The van der Waals surface area contributed by atoms with E-state index >= 15 is 0 Å². The van der Waals surface area contributed by atoms with Gasteiger partial charge in [-0.3, -0.25) is 9.10 Å². The lowest BCUT2D eigenvalue weighted by Gasteiger charge is -2.28. The van der Waals surface area contributed by atoms with Gasteiger partial charge in [-0.15, -0.1) is 0 Å². The highest BCUT2D eigenvalue weighted by Gasteiger charge is 2.23. The van der Waals surface area contributed by atoms with E-state index in [0.29, 0.717) is 12.2 Å². The Bertz CT molecular complexity index is 700. The second-order valence-electron chi connectivity index (χ2n) is 7.26. The van der Waals surface area contributed by atoms with Crippen LogP contribution in [0, 0.1) is 6.92 Å². The van der Waals surface area contributed by atoms with Crippen molar-refractivity contribution in [1.82, 2.24) is 10.2 Å². The van der Waals surface area contributed by atoms with Crippen molar-refractivity contribution in [2.75, 3.05) is 44.3 Å². The molecule has 1 aromatic rings. The second kappa shape index (κ2) is 9.92. The molecule has 0 aliphatic rings. The largest absolute Gasteiger partial charge is 0.356 e. The van der Waals surface area contributed by atoms with Crippen molar-refractivity contribution < 1.29 is 13.2 Å². The molecule has 6 nitrogen and oxygen atoms in total. The monoisotopic (exact) mass is 383 g/mol. The molecule has 0 atom stereocenters. The van der Waals surface area contributed by atoms with Crippen LogP contribution in [-0.2, 0) is 14.8 Å². The van der Waals surface area contributed by atoms with Gasteiger partial charge in [-0.1, -0.05) is 32.0 Å². The average Bonchev–Trinajstić information content (AvgIpc) is 2.51. The zero-order chi connectivity index (χ0) is 19.9. The summed E-state index contributed by atoms with van der Waals surface area (Å²) in [5.41, 5.74) is 2.57. The molecule has 0 saturated carbocycles. The molecule has 1 aromatic carbocycles. The third-order valence-corrected chi connectivity index (χ3v) is 5.35. The molecule has 0 radical (unpaired) electrons. The van der Waals surface area contributed by atoms with Crippen molar-refractivity contribution in [2.24, 2.45) is 0 Å². The lowest BCUT2D eigenvalue weighted by molar-refractivity contribution is -0.120. The van der Waals surface area contributed by atoms with Crippen LogP contribution in [0.25, 0.3) is 0 Å². The van der Waals surface area contributed by atoms with E-state index in [1.165, 1.54) is 10.6 Å². The molecule has 7 heteroatoms. The lowest BCUT2D eigenvalue weighted by Crippen LogP contribution is -2.36. The summed E-state index contributed by atoms with van der Waals surface area (Å²) in [6.07, 6.45) is 2.20. The predicted octanol–water partition coefficient (Wildman–Crippen LogP) is 2.34. The van der Waals surface area contributed by atoms with Crippen LogP contribution < -0.4 is 9.62 Å². The number of benzene rings is 1. The number of rotatable bonds is 10. The number of carbonyl (C=O) groups is 1. The summed E-state index contributed by atoms with van der Waals surface area (Å²) in [6, 6.07) is 5.79. The molecule has 0 aliphatic carbocycles. The molecule has 0 aromatic heterocycles. The summed E-state index contributed by atoms with van der Waals surface area (Å²) >= 11 is 0. The first kappa shape index (κ1) is 22.4. The fourth-order valence-corrected chi connectivity index (χ4v) is 3.85. The Hall–Kier alpha value is -1.60. The fourth-order valence-electron chi connectivity index (χ4n) is 2.85. The first-order valence-corrected chi connectivity index (χ1v) is 10.9. The minimum atomic E-state index is -3.48. The summed E-state index contributed by atoms with van der Waals surface area (Å²) in [5.74, 6) is 0.0612. The van der Waals surface area contributed by atoms with E-state index in [4.69, 9.17) is 0 Å². The van der Waals surface area contributed by atoms with Crippen molar-refractivity contribution in [3.05, 3.63) is 29.3 Å². The van der Waals surface area contributed by atoms with Gasteiger partial charge >= 0.3 is 0 Å². The maximum atomic E-state index is 12.4. The van der Waals surface area contributed by atoms with E-state index in [-0.39, 0.29) is 24.8 Å².